The number of anilines is 1. The number of rotatable bonds is 10. The van der Waals surface area contributed by atoms with E-state index in [9.17, 15) is 5.11 Å². The number of hydrogen-bond acceptors (Lipinski definition) is 5. The minimum Gasteiger partial charge on any atom is -0.395 e. The highest BCUT2D eigenvalue weighted by Gasteiger charge is 2.12. The molecule has 0 saturated carbocycles. The van der Waals surface area contributed by atoms with Gasteiger partial charge in [0.1, 0.15) is 12.1 Å². The zero-order chi connectivity index (χ0) is 15.8. The maximum Gasteiger partial charge on any atom is 0.254 e. The van der Waals surface area contributed by atoms with E-state index in [-0.39, 0.29) is 6.61 Å². The maximum atomic E-state index is 9.36. The highest BCUT2D eigenvalue weighted by molar-refractivity contribution is 5.47. The number of nitrogens with zero attached hydrogens (tertiary/aromatic N) is 5. The van der Waals surface area contributed by atoms with Crippen LogP contribution in [0.15, 0.2) is 12.4 Å². The smallest absolute Gasteiger partial charge is 0.254 e. The Labute approximate surface area is 132 Å². The highest BCUT2D eigenvalue weighted by atomic mass is 16.3. The lowest BCUT2D eigenvalue weighted by molar-refractivity contribution is 0.301. The molecule has 2 rings (SSSR count). The van der Waals surface area contributed by atoms with Gasteiger partial charge in [-0.05, 0) is 13.3 Å². The molecule has 2 heterocycles. The first-order valence-electron chi connectivity index (χ1n) is 8.29. The Bertz CT molecular complexity index is 569. The Balaban J connectivity index is 2.01. The van der Waals surface area contributed by atoms with Crippen LogP contribution >= 0.6 is 0 Å². The second-order valence-electron chi connectivity index (χ2n) is 5.71. The number of aliphatic hydroxyl groups excluding tert-OH is 1. The molecule has 0 radical (unpaired) electrons. The Morgan fingerprint density at radius 2 is 1.91 bits per heavy atom. The third-order valence-electron chi connectivity index (χ3n) is 3.84. The van der Waals surface area contributed by atoms with Gasteiger partial charge in [0.15, 0.2) is 0 Å². The summed E-state index contributed by atoms with van der Waals surface area (Å²) in [5, 5.41) is 13.6. The average Bonchev–Trinajstić information content (AvgIpc) is 2.97. The molecule has 6 nitrogen and oxygen atoms in total. The van der Waals surface area contributed by atoms with Crippen LogP contribution in [-0.2, 0) is 0 Å². The number of fused-ring (bicyclic) bond motifs is 1. The molecule has 0 unspecified atom stereocenters. The zero-order valence-corrected chi connectivity index (χ0v) is 13.7. The third-order valence-corrected chi connectivity index (χ3v) is 3.84. The third kappa shape index (κ3) is 4.40. The lowest BCUT2D eigenvalue weighted by atomic mass is 10.1. The van der Waals surface area contributed by atoms with Crippen molar-refractivity contribution in [2.24, 2.45) is 0 Å². The minimum absolute atomic E-state index is 0.132. The van der Waals surface area contributed by atoms with Crippen molar-refractivity contribution in [3.63, 3.8) is 0 Å². The van der Waals surface area contributed by atoms with E-state index in [0.717, 1.165) is 24.5 Å². The number of hydrogen-bond donors (Lipinski definition) is 1. The number of aliphatic hydroxyl groups is 1. The van der Waals surface area contributed by atoms with Crippen molar-refractivity contribution in [1.82, 2.24) is 19.6 Å². The second kappa shape index (κ2) is 8.68. The fraction of sp³-hybridized carbons (Fsp3) is 0.688. The molecule has 122 valence electrons. The molecule has 0 aliphatic carbocycles. The van der Waals surface area contributed by atoms with Crippen LogP contribution in [-0.4, -0.2) is 44.4 Å². The first kappa shape index (κ1) is 16.7. The van der Waals surface area contributed by atoms with Gasteiger partial charge in [-0.25, -0.2) is 4.98 Å². The second-order valence-corrected chi connectivity index (χ2v) is 5.71. The molecular weight excluding hydrogens is 278 g/mol. The Kier molecular flexibility index (Phi) is 6.58. The van der Waals surface area contributed by atoms with Crippen molar-refractivity contribution in [2.75, 3.05) is 24.6 Å². The molecule has 0 amide bonds. The van der Waals surface area contributed by atoms with Crippen LogP contribution in [0.4, 0.5) is 5.82 Å². The van der Waals surface area contributed by atoms with Crippen LogP contribution in [0, 0.1) is 6.92 Å². The molecule has 0 aliphatic heterocycles. The molecule has 22 heavy (non-hydrogen) atoms. The largest absolute Gasteiger partial charge is 0.395 e. The van der Waals surface area contributed by atoms with Gasteiger partial charge in [0.25, 0.3) is 5.78 Å². The van der Waals surface area contributed by atoms with Crippen LogP contribution in [0.25, 0.3) is 5.78 Å². The summed E-state index contributed by atoms with van der Waals surface area (Å²) >= 11 is 0. The van der Waals surface area contributed by atoms with Crippen molar-refractivity contribution < 1.29 is 5.11 Å². The lowest BCUT2D eigenvalue weighted by Gasteiger charge is -2.24. The lowest BCUT2D eigenvalue weighted by Crippen LogP contribution is -2.30. The van der Waals surface area contributed by atoms with Gasteiger partial charge in [0.05, 0.1) is 6.61 Å². The van der Waals surface area contributed by atoms with E-state index in [1.54, 1.807) is 4.52 Å². The molecule has 0 saturated heterocycles. The van der Waals surface area contributed by atoms with E-state index < -0.39 is 0 Å². The van der Waals surface area contributed by atoms with E-state index in [4.69, 9.17) is 0 Å². The average molecular weight is 305 g/mol. The molecule has 0 aromatic carbocycles. The van der Waals surface area contributed by atoms with Crippen molar-refractivity contribution >= 4 is 11.6 Å². The summed E-state index contributed by atoms with van der Waals surface area (Å²) in [5.74, 6) is 1.57. The quantitative estimate of drug-likeness (QED) is 0.683. The summed E-state index contributed by atoms with van der Waals surface area (Å²) in [5.41, 5.74) is 0.918. The zero-order valence-electron chi connectivity index (χ0n) is 13.7. The maximum absolute atomic E-state index is 9.36. The fourth-order valence-electron chi connectivity index (χ4n) is 2.68. The van der Waals surface area contributed by atoms with Gasteiger partial charge in [0, 0.05) is 24.8 Å². The predicted octanol–water partition coefficient (Wildman–Crippen LogP) is 2.59. The molecule has 0 spiro atoms. The fourth-order valence-corrected chi connectivity index (χ4v) is 2.68. The standard InChI is InChI=1S/C16H27N5O/c1-3-4-5-6-7-8-9-20(10-11-22)15-12-14(2)19-16-17-13-18-21(15)16/h12-13,22H,3-11H2,1-2H3. The Morgan fingerprint density at radius 3 is 2.68 bits per heavy atom. The molecular formula is C16H27N5O. The molecule has 0 bridgehead atoms. The van der Waals surface area contributed by atoms with Crippen molar-refractivity contribution in [2.45, 2.75) is 52.4 Å². The van der Waals surface area contributed by atoms with Crippen molar-refractivity contribution in [3.05, 3.63) is 18.1 Å². The normalized spacial score (nSPS) is 11.2. The van der Waals surface area contributed by atoms with Gasteiger partial charge in [0.2, 0.25) is 0 Å². The molecule has 2 aromatic rings. The SMILES string of the molecule is CCCCCCCCN(CCO)c1cc(C)nc2ncnn12. The number of aromatic nitrogens is 4. The van der Waals surface area contributed by atoms with Gasteiger partial charge in [-0.3, -0.25) is 0 Å². The summed E-state index contributed by atoms with van der Waals surface area (Å²) in [6.07, 6.45) is 9.08. The van der Waals surface area contributed by atoms with Gasteiger partial charge < -0.3 is 10.0 Å². The number of aryl methyl sites for hydroxylation is 1. The summed E-state index contributed by atoms with van der Waals surface area (Å²) in [4.78, 5) is 10.7. The van der Waals surface area contributed by atoms with Crippen LogP contribution in [0.5, 0.6) is 0 Å². The van der Waals surface area contributed by atoms with Gasteiger partial charge >= 0.3 is 0 Å². The van der Waals surface area contributed by atoms with Gasteiger partial charge in [-0.2, -0.15) is 14.6 Å². The van der Waals surface area contributed by atoms with E-state index in [0.29, 0.717) is 12.3 Å². The molecule has 0 atom stereocenters. The molecule has 1 N–H and O–H groups in total. The summed E-state index contributed by atoms with van der Waals surface area (Å²) in [6, 6.07) is 2.01. The van der Waals surface area contributed by atoms with Crippen LogP contribution in [0.3, 0.4) is 0 Å². The Hall–Kier alpha value is -1.69. The Morgan fingerprint density at radius 1 is 1.14 bits per heavy atom. The van der Waals surface area contributed by atoms with Crippen LogP contribution < -0.4 is 4.90 Å². The van der Waals surface area contributed by atoms with Crippen LogP contribution in [0.2, 0.25) is 0 Å². The summed E-state index contributed by atoms with van der Waals surface area (Å²) < 4.78 is 1.75. The van der Waals surface area contributed by atoms with Crippen LogP contribution in [0.1, 0.15) is 51.1 Å². The topological polar surface area (TPSA) is 66.5 Å². The summed E-state index contributed by atoms with van der Waals surface area (Å²) in [7, 11) is 0. The molecule has 6 heteroatoms. The molecule has 2 aromatic heterocycles. The highest BCUT2D eigenvalue weighted by Crippen LogP contribution is 2.17. The monoisotopic (exact) mass is 305 g/mol. The van der Waals surface area contributed by atoms with E-state index >= 15 is 0 Å². The van der Waals surface area contributed by atoms with Crippen molar-refractivity contribution in [1.29, 1.82) is 0 Å². The van der Waals surface area contributed by atoms with Crippen molar-refractivity contribution in [3.8, 4) is 0 Å². The van der Waals surface area contributed by atoms with Gasteiger partial charge in [-0.1, -0.05) is 39.0 Å². The van der Waals surface area contributed by atoms with E-state index in [1.807, 2.05) is 13.0 Å². The first-order chi connectivity index (χ1) is 10.8. The van der Waals surface area contributed by atoms with E-state index in [2.05, 4.69) is 26.9 Å². The molecule has 0 fully saturated rings. The van der Waals surface area contributed by atoms with Gasteiger partial charge in [-0.15, -0.1) is 0 Å². The minimum atomic E-state index is 0.132. The van der Waals surface area contributed by atoms with E-state index in [1.165, 1.54) is 38.4 Å². The predicted molar refractivity (Wildman–Crippen MR) is 88.2 cm³/mol. The summed E-state index contributed by atoms with van der Waals surface area (Å²) in [6.45, 7) is 5.85. The number of unbranched alkanes of at least 4 members (excludes halogenated alkanes) is 5. The first-order valence-corrected chi connectivity index (χ1v) is 8.29. The molecule has 0 aliphatic rings.